The molecule has 1 saturated heterocycles. The minimum absolute atomic E-state index is 0.0117. The minimum atomic E-state index is -0.193. The van der Waals surface area contributed by atoms with E-state index in [0.29, 0.717) is 11.9 Å². The summed E-state index contributed by atoms with van der Waals surface area (Å²) < 4.78 is 4.39. The molecule has 138 valence electrons. The fourth-order valence-corrected chi connectivity index (χ4v) is 4.88. The Balaban J connectivity index is 1.77. The van der Waals surface area contributed by atoms with Crippen molar-refractivity contribution in [3.8, 4) is 0 Å². The molecule has 0 bridgehead atoms. The van der Waals surface area contributed by atoms with E-state index >= 15 is 0 Å². The van der Waals surface area contributed by atoms with E-state index in [2.05, 4.69) is 25.0 Å². The van der Waals surface area contributed by atoms with E-state index in [1.807, 2.05) is 22.3 Å². The van der Waals surface area contributed by atoms with Crippen LogP contribution in [0, 0.1) is 6.92 Å². The summed E-state index contributed by atoms with van der Waals surface area (Å²) >= 11 is 1.68. The van der Waals surface area contributed by atoms with E-state index in [1.54, 1.807) is 11.3 Å². The molecule has 1 unspecified atom stereocenters. The van der Waals surface area contributed by atoms with E-state index in [4.69, 9.17) is 0 Å². The van der Waals surface area contributed by atoms with Crippen LogP contribution in [0.25, 0.3) is 15.7 Å². The molecule has 4 heterocycles. The Morgan fingerprint density at radius 1 is 1.31 bits per heavy atom. The van der Waals surface area contributed by atoms with Crippen molar-refractivity contribution in [2.24, 2.45) is 0 Å². The van der Waals surface area contributed by atoms with Crippen LogP contribution in [0.1, 0.15) is 43.8 Å². The number of amides is 1. The zero-order valence-corrected chi connectivity index (χ0v) is 16.3. The molecule has 0 spiro atoms. The Morgan fingerprint density at radius 3 is 2.85 bits per heavy atom. The largest absolute Gasteiger partial charge is 0.338 e. The Bertz CT molecular complexity index is 1050. The third-order valence-electron chi connectivity index (χ3n) is 5.29. The molecule has 0 saturated carbocycles. The fourth-order valence-electron chi connectivity index (χ4n) is 3.94. The molecule has 7 heteroatoms. The van der Waals surface area contributed by atoms with Crippen molar-refractivity contribution in [2.75, 3.05) is 6.54 Å². The lowest BCUT2D eigenvalue weighted by Gasteiger charge is -2.33. The van der Waals surface area contributed by atoms with Gasteiger partial charge in [0.15, 0.2) is 0 Å². The van der Waals surface area contributed by atoms with Gasteiger partial charge >= 0.3 is 0 Å². The molecule has 26 heavy (non-hydrogen) atoms. The van der Waals surface area contributed by atoms with Gasteiger partial charge in [0.2, 0.25) is 5.91 Å². The number of aryl methyl sites for hydroxylation is 2. The van der Waals surface area contributed by atoms with Gasteiger partial charge in [0.1, 0.15) is 17.9 Å². The van der Waals surface area contributed by atoms with E-state index in [1.165, 1.54) is 9.56 Å². The number of likely N-dealkylation sites (tertiary alicyclic amines) is 1. The highest BCUT2D eigenvalue weighted by Crippen LogP contribution is 2.28. The molecule has 3 aromatic rings. The monoisotopic (exact) mass is 372 g/mol. The molecule has 0 aromatic carbocycles. The van der Waals surface area contributed by atoms with Crippen LogP contribution in [0.3, 0.4) is 0 Å². The number of aromatic nitrogens is 3. The average molecular weight is 372 g/mol. The van der Waals surface area contributed by atoms with Gasteiger partial charge in [-0.2, -0.15) is 5.10 Å². The van der Waals surface area contributed by atoms with Crippen molar-refractivity contribution in [2.45, 2.75) is 59.0 Å². The van der Waals surface area contributed by atoms with Crippen molar-refractivity contribution >= 4 is 33.0 Å². The van der Waals surface area contributed by atoms with Crippen LogP contribution in [0.5, 0.6) is 0 Å². The van der Waals surface area contributed by atoms with Crippen molar-refractivity contribution in [3.63, 3.8) is 0 Å². The number of hydrogen-bond acceptors (Lipinski definition) is 4. The SMILES string of the molecule is CCc1nn(CC(=O)N2CCCCC2C)c(=O)c2cc3sc(C)cc3n12. The van der Waals surface area contributed by atoms with E-state index in [0.717, 1.165) is 41.8 Å². The van der Waals surface area contributed by atoms with Crippen LogP contribution in [-0.4, -0.2) is 37.6 Å². The van der Waals surface area contributed by atoms with E-state index < -0.39 is 0 Å². The van der Waals surface area contributed by atoms with Crippen molar-refractivity contribution < 1.29 is 4.79 Å². The Hall–Kier alpha value is -2.15. The normalized spacial score (nSPS) is 18.1. The molecule has 1 atom stereocenters. The summed E-state index contributed by atoms with van der Waals surface area (Å²) in [7, 11) is 0. The van der Waals surface area contributed by atoms with Crippen LogP contribution in [0.2, 0.25) is 0 Å². The summed E-state index contributed by atoms with van der Waals surface area (Å²) in [6.45, 7) is 6.96. The zero-order chi connectivity index (χ0) is 18.4. The lowest BCUT2D eigenvalue weighted by molar-refractivity contribution is -0.135. The molecule has 4 rings (SSSR count). The molecule has 0 N–H and O–H groups in total. The summed E-state index contributed by atoms with van der Waals surface area (Å²) in [5, 5.41) is 4.53. The number of rotatable bonds is 3. The summed E-state index contributed by atoms with van der Waals surface area (Å²) in [6, 6.07) is 4.27. The molecular weight excluding hydrogens is 348 g/mol. The summed E-state index contributed by atoms with van der Waals surface area (Å²) in [6.07, 6.45) is 3.92. The highest BCUT2D eigenvalue weighted by Gasteiger charge is 2.24. The van der Waals surface area contributed by atoms with E-state index in [-0.39, 0.29) is 24.1 Å². The number of nitrogens with zero attached hydrogens (tertiary/aromatic N) is 4. The maximum absolute atomic E-state index is 13.0. The lowest BCUT2D eigenvalue weighted by Crippen LogP contribution is -2.45. The van der Waals surface area contributed by atoms with Gasteiger partial charge in [-0.25, -0.2) is 4.68 Å². The third-order valence-corrected chi connectivity index (χ3v) is 6.27. The first kappa shape index (κ1) is 17.3. The van der Waals surface area contributed by atoms with Crippen molar-refractivity contribution in [3.05, 3.63) is 33.2 Å². The van der Waals surface area contributed by atoms with Gasteiger partial charge in [-0.15, -0.1) is 11.3 Å². The Labute approximate surface area is 156 Å². The quantitative estimate of drug-likeness (QED) is 0.710. The summed E-state index contributed by atoms with van der Waals surface area (Å²) in [4.78, 5) is 28.8. The maximum atomic E-state index is 13.0. The van der Waals surface area contributed by atoms with Gasteiger partial charge in [-0.3, -0.25) is 14.0 Å². The lowest BCUT2D eigenvalue weighted by atomic mass is 10.0. The molecule has 1 fully saturated rings. The molecule has 0 radical (unpaired) electrons. The van der Waals surface area contributed by atoms with Crippen molar-refractivity contribution in [1.29, 1.82) is 0 Å². The van der Waals surface area contributed by atoms with Gasteiger partial charge < -0.3 is 4.90 Å². The van der Waals surface area contributed by atoms with Gasteiger partial charge in [-0.05, 0) is 45.2 Å². The van der Waals surface area contributed by atoms with Crippen LogP contribution >= 0.6 is 11.3 Å². The Kier molecular flexibility index (Phi) is 4.34. The highest BCUT2D eigenvalue weighted by molar-refractivity contribution is 7.19. The summed E-state index contributed by atoms with van der Waals surface area (Å²) in [5.74, 6) is 0.800. The average Bonchev–Trinajstić information content (AvgIpc) is 3.14. The second-order valence-corrected chi connectivity index (χ2v) is 8.42. The number of fused-ring (bicyclic) bond motifs is 3. The van der Waals surface area contributed by atoms with Gasteiger partial charge in [0.25, 0.3) is 5.56 Å². The zero-order valence-electron chi connectivity index (χ0n) is 15.5. The second-order valence-electron chi connectivity index (χ2n) is 7.14. The Morgan fingerprint density at radius 2 is 2.12 bits per heavy atom. The number of thiophene rings is 1. The van der Waals surface area contributed by atoms with Crippen LogP contribution in [0.15, 0.2) is 16.9 Å². The number of piperidine rings is 1. The maximum Gasteiger partial charge on any atom is 0.291 e. The van der Waals surface area contributed by atoms with E-state index in [9.17, 15) is 9.59 Å². The predicted molar refractivity (Wildman–Crippen MR) is 104 cm³/mol. The second kappa shape index (κ2) is 6.54. The number of carbonyl (C=O) groups excluding carboxylic acids is 1. The van der Waals surface area contributed by atoms with Gasteiger partial charge in [-0.1, -0.05) is 6.92 Å². The first-order valence-electron chi connectivity index (χ1n) is 9.30. The standard InChI is InChI=1S/C19H24N4O2S/c1-4-17-20-22(11-18(24)21-8-6-5-7-12(21)2)19(25)15-10-16-14(23(15)17)9-13(3)26-16/h9-10,12H,4-8,11H2,1-3H3. The molecule has 6 nitrogen and oxygen atoms in total. The molecule has 1 aliphatic rings. The van der Waals surface area contributed by atoms with Crippen molar-refractivity contribution in [1.82, 2.24) is 19.1 Å². The molecular formula is C19H24N4O2S. The number of hydrogen-bond donors (Lipinski definition) is 0. The first-order chi connectivity index (χ1) is 12.5. The highest BCUT2D eigenvalue weighted by atomic mass is 32.1. The van der Waals surface area contributed by atoms with Crippen LogP contribution in [-0.2, 0) is 17.8 Å². The summed E-state index contributed by atoms with van der Waals surface area (Å²) in [5.41, 5.74) is 1.45. The number of carbonyl (C=O) groups is 1. The van der Waals surface area contributed by atoms with Gasteiger partial charge in [0.05, 0.1) is 10.2 Å². The van der Waals surface area contributed by atoms with Crippen LogP contribution in [0.4, 0.5) is 0 Å². The molecule has 0 aliphatic carbocycles. The predicted octanol–water partition coefficient (Wildman–Crippen LogP) is 2.98. The topological polar surface area (TPSA) is 59.6 Å². The molecule has 1 aliphatic heterocycles. The minimum Gasteiger partial charge on any atom is -0.338 e. The van der Waals surface area contributed by atoms with Gasteiger partial charge in [0, 0.05) is 23.9 Å². The smallest absolute Gasteiger partial charge is 0.291 e. The first-order valence-corrected chi connectivity index (χ1v) is 10.1. The third kappa shape index (κ3) is 2.74. The fraction of sp³-hybridized carbons (Fsp3) is 0.526. The molecule has 1 amide bonds. The molecule has 3 aromatic heterocycles. The van der Waals surface area contributed by atoms with Crippen LogP contribution < -0.4 is 5.56 Å².